The summed E-state index contributed by atoms with van der Waals surface area (Å²) in [5.41, 5.74) is 1.54. The van der Waals surface area contributed by atoms with Crippen LogP contribution in [0.4, 0.5) is 8.78 Å². The lowest BCUT2D eigenvalue weighted by Gasteiger charge is -2.03. The van der Waals surface area contributed by atoms with E-state index in [1.54, 1.807) is 0 Å². The Balaban J connectivity index is 2.26. The quantitative estimate of drug-likeness (QED) is 0.800. The zero-order chi connectivity index (χ0) is 13.1. The van der Waals surface area contributed by atoms with Gasteiger partial charge in [0, 0.05) is 18.7 Å². The van der Waals surface area contributed by atoms with Gasteiger partial charge in [0.05, 0.1) is 6.61 Å². The molecule has 1 amide bonds. The number of aliphatic hydroxyl groups is 1. The molecule has 0 fully saturated rings. The topological polar surface area (TPSA) is 49.3 Å². The van der Waals surface area contributed by atoms with Crippen LogP contribution in [0, 0.1) is 11.6 Å². The van der Waals surface area contributed by atoms with Gasteiger partial charge in [-0.25, -0.2) is 8.78 Å². The minimum atomic E-state index is -0.644. The summed E-state index contributed by atoms with van der Waals surface area (Å²) in [6.45, 7) is 0.0156. The van der Waals surface area contributed by atoms with Crippen molar-refractivity contribution in [2.75, 3.05) is 13.2 Å². The number of halogens is 2. The van der Waals surface area contributed by atoms with Gasteiger partial charge in [-0.05, 0) is 35.6 Å². The Hall–Kier alpha value is -1.75. The first kappa shape index (κ1) is 12.7. The molecule has 0 aromatic heterocycles. The summed E-state index contributed by atoms with van der Waals surface area (Å²) in [7, 11) is 0. The maximum absolute atomic E-state index is 13.5. The second-order valence-electron chi connectivity index (χ2n) is 4.10. The molecule has 0 unspecified atom stereocenters. The number of aliphatic hydroxyl groups excluding tert-OH is 1. The van der Waals surface area contributed by atoms with Crippen LogP contribution in [0.25, 0.3) is 5.57 Å². The highest BCUT2D eigenvalue weighted by Gasteiger charge is 2.21. The standard InChI is InChI=1S/C13H13F2NO2/c14-9-6-11-8(5-13(18)16-3-4-17)1-2-10(11)12(15)7-9/h5-7,17H,1-4H2,(H,16,18). The summed E-state index contributed by atoms with van der Waals surface area (Å²) >= 11 is 0. The van der Waals surface area contributed by atoms with E-state index in [1.807, 2.05) is 0 Å². The minimum Gasteiger partial charge on any atom is -0.395 e. The Labute approximate surface area is 103 Å². The van der Waals surface area contributed by atoms with E-state index in [0.717, 1.165) is 6.07 Å². The van der Waals surface area contributed by atoms with E-state index in [1.165, 1.54) is 12.1 Å². The monoisotopic (exact) mass is 253 g/mol. The Kier molecular flexibility index (Phi) is 3.72. The van der Waals surface area contributed by atoms with Crippen molar-refractivity contribution < 1.29 is 18.7 Å². The molecule has 1 aromatic carbocycles. The van der Waals surface area contributed by atoms with Crippen molar-refractivity contribution in [3.8, 4) is 0 Å². The molecule has 96 valence electrons. The molecule has 0 saturated heterocycles. The van der Waals surface area contributed by atoms with E-state index in [-0.39, 0.29) is 19.1 Å². The summed E-state index contributed by atoms with van der Waals surface area (Å²) in [6.07, 6.45) is 2.32. The van der Waals surface area contributed by atoms with E-state index in [0.29, 0.717) is 29.5 Å². The number of allylic oxidation sites excluding steroid dienone is 1. The smallest absolute Gasteiger partial charge is 0.244 e. The highest BCUT2D eigenvalue weighted by atomic mass is 19.1. The predicted octanol–water partition coefficient (Wildman–Crippen LogP) is 1.40. The number of rotatable bonds is 3. The van der Waals surface area contributed by atoms with Crippen molar-refractivity contribution in [1.82, 2.24) is 5.32 Å². The molecule has 0 atom stereocenters. The van der Waals surface area contributed by atoms with Crippen molar-refractivity contribution in [1.29, 1.82) is 0 Å². The van der Waals surface area contributed by atoms with Crippen molar-refractivity contribution in [2.24, 2.45) is 0 Å². The molecule has 0 heterocycles. The van der Waals surface area contributed by atoms with Crippen LogP contribution in [0.15, 0.2) is 18.2 Å². The molecule has 0 aliphatic heterocycles. The highest BCUT2D eigenvalue weighted by molar-refractivity contribution is 5.96. The number of carbonyl (C=O) groups excluding carboxylic acids is 1. The third kappa shape index (κ3) is 2.56. The van der Waals surface area contributed by atoms with E-state index in [9.17, 15) is 13.6 Å². The minimum absolute atomic E-state index is 0.144. The van der Waals surface area contributed by atoms with Crippen LogP contribution in [0.3, 0.4) is 0 Å². The SMILES string of the molecule is O=C(C=C1CCc2c(F)cc(F)cc21)NCCO. The predicted molar refractivity (Wildman–Crippen MR) is 62.8 cm³/mol. The van der Waals surface area contributed by atoms with Gasteiger partial charge in [0.1, 0.15) is 11.6 Å². The number of fused-ring (bicyclic) bond motifs is 1. The van der Waals surface area contributed by atoms with E-state index in [2.05, 4.69) is 5.32 Å². The molecule has 1 aliphatic carbocycles. The van der Waals surface area contributed by atoms with Crippen LogP contribution in [-0.2, 0) is 11.2 Å². The number of benzene rings is 1. The summed E-state index contributed by atoms with van der Waals surface area (Å²) in [5.74, 6) is -1.57. The molecule has 3 nitrogen and oxygen atoms in total. The molecule has 5 heteroatoms. The fourth-order valence-corrected chi connectivity index (χ4v) is 2.08. The first-order chi connectivity index (χ1) is 8.61. The van der Waals surface area contributed by atoms with Gasteiger partial charge < -0.3 is 10.4 Å². The first-order valence-electron chi connectivity index (χ1n) is 5.69. The second kappa shape index (κ2) is 5.27. The largest absolute Gasteiger partial charge is 0.395 e. The molecular formula is C13H13F2NO2. The molecule has 0 saturated carbocycles. The van der Waals surface area contributed by atoms with Crippen LogP contribution in [0.5, 0.6) is 0 Å². The number of nitrogens with one attached hydrogen (secondary N) is 1. The zero-order valence-corrected chi connectivity index (χ0v) is 9.67. The number of amides is 1. The second-order valence-corrected chi connectivity index (χ2v) is 4.10. The van der Waals surface area contributed by atoms with Crippen LogP contribution in [0.2, 0.25) is 0 Å². The van der Waals surface area contributed by atoms with Gasteiger partial charge in [0.15, 0.2) is 0 Å². The summed E-state index contributed by atoms with van der Waals surface area (Å²) < 4.78 is 26.6. The average molecular weight is 253 g/mol. The van der Waals surface area contributed by atoms with Gasteiger partial charge in [0.25, 0.3) is 0 Å². The van der Waals surface area contributed by atoms with Crippen LogP contribution < -0.4 is 5.32 Å². The maximum atomic E-state index is 13.5. The maximum Gasteiger partial charge on any atom is 0.244 e. The summed E-state index contributed by atoms with van der Waals surface area (Å²) in [6, 6.07) is 2.10. The van der Waals surface area contributed by atoms with Crippen molar-refractivity contribution in [2.45, 2.75) is 12.8 Å². The molecule has 1 aromatic rings. The van der Waals surface area contributed by atoms with Crippen LogP contribution >= 0.6 is 0 Å². The van der Waals surface area contributed by atoms with Crippen molar-refractivity contribution >= 4 is 11.5 Å². The molecule has 18 heavy (non-hydrogen) atoms. The Morgan fingerprint density at radius 2 is 2.17 bits per heavy atom. The third-order valence-electron chi connectivity index (χ3n) is 2.87. The average Bonchev–Trinajstić information content (AvgIpc) is 2.70. The van der Waals surface area contributed by atoms with Crippen LogP contribution in [-0.4, -0.2) is 24.2 Å². The highest BCUT2D eigenvalue weighted by Crippen LogP contribution is 2.34. The number of hydrogen-bond acceptors (Lipinski definition) is 2. The molecule has 2 N–H and O–H groups in total. The first-order valence-corrected chi connectivity index (χ1v) is 5.69. The molecule has 1 aliphatic rings. The van der Waals surface area contributed by atoms with Gasteiger partial charge in [-0.15, -0.1) is 0 Å². The number of carbonyl (C=O) groups is 1. The lowest BCUT2D eigenvalue weighted by molar-refractivity contribution is -0.116. The Bertz CT molecular complexity index is 512. The van der Waals surface area contributed by atoms with Gasteiger partial charge in [-0.3, -0.25) is 4.79 Å². The summed E-state index contributed by atoms with van der Waals surface area (Å²) in [5, 5.41) is 11.0. The zero-order valence-electron chi connectivity index (χ0n) is 9.67. The fourth-order valence-electron chi connectivity index (χ4n) is 2.08. The third-order valence-corrected chi connectivity index (χ3v) is 2.87. The van der Waals surface area contributed by atoms with Crippen LogP contribution in [0.1, 0.15) is 17.5 Å². The molecular weight excluding hydrogens is 240 g/mol. The summed E-state index contributed by atoms with van der Waals surface area (Å²) in [4.78, 5) is 11.5. The lowest BCUT2D eigenvalue weighted by atomic mass is 10.1. The van der Waals surface area contributed by atoms with Gasteiger partial charge in [-0.1, -0.05) is 0 Å². The lowest BCUT2D eigenvalue weighted by Crippen LogP contribution is -2.24. The van der Waals surface area contributed by atoms with Gasteiger partial charge in [0.2, 0.25) is 5.91 Å². The van der Waals surface area contributed by atoms with E-state index in [4.69, 9.17) is 5.11 Å². The van der Waals surface area contributed by atoms with Crippen molar-refractivity contribution in [3.63, 3.8) is 0 Å². The normalized spacial score (nSPS) is 15.8. The van der Waals surface area contributed by atoms with E-state index < -0.39 is 11.6 Å². The molecule has 0 bridgehead atoms. The molecule has 0 radical (unpaired) electrons. The Morgan fingerprint density at radius 1 is 1.39 bits per heavy atom. The van der Waals surface area contributed by atoms with Crippen molar-refractivity contribution in [3.05, 3.63) is 41.0 Å². The Morgan fingerprint density at radius 3 is 2.89 bits per heavy atom. The van der Waals surface area contributed by atoms with E-state index >= 15 is 0 Å². The molecule has 2 rings (SSSR count). The fraction of sp³-hybridized carbons (Fsp3) is 0.308. The van der Waals surface area contributed by atoms with Gasteiger partial charge in [-0.2, -0.15) is 0 Å². The van der Waals surface area contributed by atoms with Gasteiger partial charge >= 0.3 is 0 Å². The number of hydrogen-bond donors (Lipinski definition) is 2. The molecule has 0 spiro atoms.